The number of carbonyl (C=O) groups is 1. The molecule has 1 unspecified atom stereocenters. The number of nitro groups is 1. The van der Waals surface area contributed by atoms with Crippen LogP contribution in [-0.2, 0) is 9.53 Å². The molecule has 0 radical (unpaired) electrons. The summed E-state index contributed by atoms with van der Waals surface area (Å²) in [6.45, 7) is -0.204. The predicted octanol–water partition coefficient (Wildman–Crippen LogP) is 3.58. The molecule has 3 heterocycles. The molecule has 13 nitrogen and oxygen atoms in total. The van der Waals surface area contributed by atoms with E-state index in [1.165, 1.54) is 20.3 Å². The third-order valence-electron chi connectivity index (χ3n) is 5.79. The molecule has 0 amide bonds. The summed E-state index contributed by atoms with van der Waals surface area (Å²) in [7, 11) is 2.71. The van der Waals surface area contributed by atoms with Crippen molar-refractivity contribution >= 4 is 11.7 Å². The fourth-order valence-corrected chi connectivity index (χ4v) is 3.96. The lowest BCUT2D eigenvalue weighted by molar-refractivity contribution is -0.386. The number of fused-ring (bicyclic) bond motifs is 8. The molecule has 1 atom stereocenters. The van der Waals surface area contributed by atoms with Crippen molar-refractivity contribution in [3.63, 3.8) is 0 Å². The maximum atomic E-state index is 13.4. The van der Waals surface area contributed by atoms with Crippen LogP contribution in [-0.4, -0.2) is 58.7 Å². The minimum absolute atomic E-state index is 0.0287. The molecule has 0 N–H and O–H groups in total. The van der Waals surface area contributed by atoms with E-state index in [4.69, 9.17) is 23.7 Å². The van der Waals surface area contributed by atoms with Gasteiger partial charge in [-0.1, -0.05) is 24.3 Å². The van der Waals surface area contributed by atoms with Crippen molar-refractivity contribution in [3.05, 3.63) is 76.3 Å². The third kappa shape index (κ3) is 5.09. The van der Waals surface area contributed by atoms with Crippen LogP contribution in [0.1, 0.15) is 11.7 Å². The van der Waals surface area contributed by atoms with Crippen LogP contribution in [0.15, 0.2) is 60.7 Å². The lowest BCUT2D eigenvalue weighted by atomic mass is 10.1. The van der Waals surface area contributed by atoms with Crippen molar-refractivity contribution < 1.29 is 33.4 Å². The van der Waals surface area contributed by atoms with Gasteiger partial charge in [-0.2, -0.15) is 0 Å². The zero-order valence-electron chi connectivity index (χ0n) is 20.8. The van der Waals surface area contributed by atoms with Gasteiger partial charge in [0.15, 0.2) is 11.5 Å². The second-order valence-electron chi connectivity index (χ2n) is 8.08. The molecule has 13 heteroatoms. The summed E-state index contributed by atoms with van der Waals surface area (Å²) in [5.41, 5.74) is 0.359. The van der Waals surface area contributed by atoms with E-state index in [2.05, 4.69) is 20.4 Å². The Kier molecular flexibility index (Phi) is 7.12. The smallest absolute Gasteiger partial charge is 0.352 e. The molecule has 0 saturated heterocycles. The second-order valence-corrected chi connectivity index (χ2v) is 8.08. The van der Waals surface area contributed by atoms with Gasteiger partial charge in [0, 0.05) is 0 Å². The number of rotatable bonds is 4. The standard InChI is InChI=1S/C26H21N5O8/c1-35-21-13-17(18(31(33)34)14-22(21)36-2)23-26(32)38-12-11-37-19-9-5-3-7-15(19)24-27-29-25(30-28-24)16-8-4-6-10-20(16)39-23/h3-10,13-14,23H,11-12H2,1-2H3. The predicted molar refractivity (Wildman–Crippen MR) is 135 cm³/mol. The molecule has 2 aliphatic rings. The van der Waals surface area contributed by atoms with E-state index in [-0.39, 0.29) is 47.7 Å². The first-order valence-electron chi connectivity index (χ1n) is 11.6. The van der Waals surface area contributed by atoms with Gasteiger partial charge in [-0.15, -0.1) is 20.4 Å². The van der Waals surface area contributed by atoms with E-state index in [0.29, 0.717) is 16.9 Å². The van der Waals surface area contributed by atoms with E-state index in [0.717, 1.165) is 6.07 Å². The maximum absolute atomic E-state index is 13.4. The summed E-state index contributed by atoms with van der Waals surface area (Å²) < 4.78 is 27.9. The summed E-state index contributed by atoms with van der Waals surface area (Å²) in [5.74, 6) is 0.297. The SMILES string of the molecule is COc1cc(C2Oc3ccccc3-c3nnc(nn3)-c3ccccc3OCCOC2=O)c([N+](=O)[O-])cc1OC. The Morgan fingerprint density at radius 1 is 0.821 bits per heavy atom. The number of benzene rings is 3. The van der Waals surface area contributed by atoms with Crippen molar-refractivity contribution in [1.82, 2.24) is 20.4 Å². The van der Waals surface area contributed by atoms with Crippen molar-refractivity contribution in [3.8, 4) is 45.8 Å². The number of carbonyl (C=O) groups excluding carboxylic acids is 1. The Morgan fingerprint density at radius 2 is 1.36 bits per heavy atom. The highest BCUT2D eigenvalue weighted by atomic mass is 16.6. The average molecular weight is 531 g/mol. The van der Waals surface area contributed by atoms with Gasteiger partial charge in [0.2, 0.25) is 17.8 Å². The van der Waals surface area contributed by atoms with E-state index in [1.807, 2.05) is 0 Å². The Bertz CT molecular complexity index is 1530. The first-order chi connectivity index (χ1) is 19.0. The lowest BCUT2D eigenvalue weighted by Gasteiger charge is -2.21. The van der Waals surface area contributed by atoms with Crippen LogP contribution in [0.2, 0.25) is 0 Å². The summed E-state index contributed by atoms with van der Waals surface area (Å²) >= 11 is 0. The Morgan fingerprint density at radius 3 is 1.97 bits per heavy atom. The number of nitro benzene ring substituents is 1. The first kappa shape index (κ1) is 25.3. The molecule has 3 aromatic carbocycles. The fourth-order valence-electron chi connectivity index (χ4n) is 3.96. The summed E-state index contributed by atoms with van der Waals surface area (Å²) in [4.78, 5) is 24.8. The van der Waals surface area contributed by atoms with Crippen LogP contribution in [0, 0.1) is 10.1 Å². The van der Waals surface area contributed by atoms with Gasteiger partial charge >= 0.3 is 5.97 Å². The van der Waals surface area contributed by atoms with Gasteiger partial charge in [-0.25, -0.2) is 4.79 Å². The van der Waals surface area contributed by atoms with Gasteiger partial charge < -0.3 is 23.7 Å². The molecule has 2 bridgehead atoms. The molecular weight excluding hydrogens is 510 g/mol. The molecule has 4 aromatic rings. The normalized spacial score (nSPS) is 14.8. The van der Waals surface area contributed by atoms with Gasteiger partial charge in [0.05, 0.1) is 41.9 Å². The number of aromatic nitrogens is 4. The zero-order valence-corrected chi connectivity index (χ0v) is 20.8. The average Bonchev–Trinajstić information content (AvgIpc) is 2.98. The largest absolute Gasteiger partial charge is 0.493 e. The first-order valence-corrected chi connectivity index (χ1v) is 11.6. The van der Waals surface area contributed by atoms with Crippen molar-refractivity contribution in [1.29, 1.82) is 0 Å². The van der Waals surface area contributed by atoms with Crippen molar-refractivity contribution in [2.24, 2.45) is 0 Å². The van der Waals surface area contributed by atoms with Crippen LogP contribution in [0.25, 0.3) is 22.8 Å². The van der Waals surface area contributed by atoms with Gasteiger partial charge in [-0.3, -0.25) is 10.1 Å². The number of esters is 1. The number of methoxy groups -OCH3 is 2. The third-order valence-corrected chi connectivity index (χ3v) is 5.79. The monoisotopic (exact) mass is 531 g/mol. The molecule has 2 aliphatic heterocycles. The number of ether oxygens (including phenoxy) is 5. The summed E-state index contributed by atoms with van der Waals surface area (Å²) in [6.07, 6.45) is -1.58. The van der Waals surface area contributed by atoms with E-state index in [9.17, 15) is 14.9 Å². The molecular formula is C26H21N5O8. The second kappa shape index (κ2) is 11.0. The summed E-state index contributed by atoms with van der Waals surface area (Å²) in [5, 5.41) is 28.8. The topological polar surface area (TPSA) is 158 Å². The quantitative estimate of drug-likeness (QED) is 0.163. The van der Waals surface area contributed by atoms with Crippen LogP contribution >= 0.6 is 0 Å². The number of nitrogens with zero attached hydrogens (tertiary/aromatic N) is 5. The maximum Gasteiger partial charge on any atom is 0.352 e. The molecule has 6 rings (SSSR count). The van der Waals surface area contributed by atoms with E-state index >= 15 is 0 Å². The van der Waals surface area contributed by atoms with Gasteiger partial charge in [0.1, 0.15) is 24.7 Å². The van der Waals surface area contributed by atoms with Gasteiger partial charge in [0.25, 0.3) is 5.69 Å². The van der Waals surface area contributed by atoms with Crippen LogP contribution in [0.3, 0.4) is 0 Å². The van der Waals surface area contributed by atoms with Crippen molar-refractivity contribution in [2.75, 3.05) is 27.4 Å². The molecule has 0 aliphatic carbocycles. The zero-order chi connectivity index (χ0) is 27.4. The van der Waals surface area contributed by atoms with Crippen LogP contribution < -0.4 is 18.9 Å². The molecule has 39 heavy (non-hydrogen) atoms. The molecule has 1 aromatic heterocycles. The Hall–Kier alpha value is -5.33. The van der Waals surface area contributed by atoms with Crippen LogP contribution in [0.4, 0.5) is 5.69 Å². The van der Waals surface area contributed by atoms with E-state index in [1.54, 1.807) is 48.5 Å². The highest BCUT2D eigenvalue weighted by Crippen LogP contribution is 2.40. The lowest BCUT2D eigenvalue weighted by Crippen LogP contribution is -2.24. The van der Waals surface area contributed by atoms with E-state index < -0.39 is 22.7 Å². The summed E-state index contributed by atoms with van der Waals surface area (Å²) in [6, 6.07) is 16.1. The number of hydrogen-bond donors (Lipinski definition) is 0. The minimum atomic E-state index is -1.58. The Labute approximate surface area is 221 Å². The Balaban J connectivity index is 1.65. The fraction of sp³-hybridized carbons (Fsp3) is 0.192. The molecule has 0 fully saturated rings. The van der Waals surface area contributed by atoms with Crippen molar-refractivity contribution in [2.45, 2.75) is 6.10 Å². The molecule has 0 spiro atoms. The highest BCUT2D eigenvalue weighted by molar-refractivity contribution is 5.80. The number of hydrogen-bond acceptors (Lipinski definition) is 12. The number of para-hydroxylation sites is 2. The highest BCUT2D eigenvalue weighted by Gasteiger charge is 2.34. The molecule has 0 saturated carbocycles. The van der Waals surface area contributed by atoms with Crippen LogP contribution in [0.5, 0.6) is 23.0 Å². The molecule has 198 valence electrons. The van der Waals surface area contributed by atoms with Gasteiger partial charge in [-0.05, 0) is 30.3 Å². The minimum Gasteiger partial charge on any atom is -0.493 e.